The Hall–Kier alpha value is -1.07. The number of carboxylic acids is 1. The summed E-state index contributed by atoms with van der Waals surface area (Å²) in [7, 11) is 0. The number of hydrogen-bond donors (Lipinski definition) is 1. The van der Waals surface area contributed by atoms with E-state index in [9.17, 15) is 9.59 Å². The molecule has 1 aliphatic heterocycles. The molecule has 2 rings (SSSR count). The molecule has 1 aromatic rings. The summed E-state index contributed by atoms with van der Waals surface area (Å²) in [6.07, 6.45) is 0. The Bertz CT molecular complexity index is 535. The molecule has 0 unspecified atom stereocenters. The van der Waals surface area contributed by atoms with Gasteiger partial charge in [-0.05, 0) is 40.0 Å². The molecule has 1 saturated heterocycles. The van der Waals surface area contributed by atoms with Crippen molar-refractivity contribution in [3.05, 3.63) is 33.3 Å². The van der Waals surface area contributed by atoms with Gasteiger partial charge in [0.1, 0.15) is 0 Å². The zero-order valence-electron chi connectivity index (χ0n) is 10.3. The highest BCUT2D eigenvalue weighted by Gasteiger charge is 2.37. The smallest absolute Gasteiger partial charge is 0.308 e. The zero-order valence-corrected chi connectivity index (χ0v) is 12.6. The number of nitrogens with zero attached hydrogens (tertiary/aromatic N) is 1. The van der Waals surface area contributed by atoms with Crippen LogP contribution in [0.25, 0.3) is 0 Å². The molecule has 0 spiro atoms. The van der Waals surface area contributed by atoms with Crippen LogP contribution in [0.15, 0.2) is 22.7 Å². The molecule has 0 aromatic heterocycles. The van der Waals surface area contributed by atoms with Crippen molar-refractivity contribution >= 4 is 39.4 Å². The van der Waals surface area contributed by atoms with Gasteiger partial charge in [0.15, 0.2) is 0 Å². The lowest BCUT2D eigenvalue weighted by atomic mass is 9.99. The van der Waals surface area contributed by atoms with Gasteiger partial charge in [0.05, 0.1) is 10.9 Å². The van der Waals surface area contributed by atoms with Crippen LogP contribution >= 0.6 is 27.5 Å². The Balaban J connectivity index is 2.17. The number of carbonyl (C=O) groups is 2. The van der Waals surface area contributed by atoms with Gasteiger partial charge in [0.25, 0.3) is 5.91 Å². The maximum Gasteiger partial charge on any atom is 0.308 e. The molecule has 1 heterocycles. The Morgan fingerprint density at radius 1 is 1.42 bits per heavy atom. The summed E-state index contributed by atoms with van der Waals surface area (Å²) >= 11 is 9.16. The second-order valence-corrected chi connectivity index (χ2v) is 6.02. The van der Waals surface area contributed by atoms with Crippen molar-refractivity contribution < 1.29 is 14.7 Å². The summed E-state index contributed by atoms with van der Waals surface area (Å²) in [4.78, 5) is 24.9. The maximum absolute atomic E-state index is 12.3. The van der Waals surface area contributed by atoms with Crippen LogP contribution in [-0.4, -0.2) is 35.0 Å². The number of likely N-dealkylation sites (tertiary alicyclic amines) is 1. The van der Waals surface area contributed by atoms with Crippen molar-refractivity contribution in [1.29, 1.82) is 0 Å². The summed E-state index contributed by atoms with van der Waals surface area (Å²) in [5.41, 5.74) is 0.509. The highest BCUT2D eigenvalue weighted by atomic mass is 79.9. The van der Waals surface area contributed by atoms with Gasteiger partial charge < -0.3 is 10.0 Å². The third-order valence-electron chi connectivity index (χ3n) is 3.38. The van der Waals surface area contributed by atoms with Crippen molar-refractivity contribution in [2.45, 2.75) is 6.92 Å². The molecule has 1 amide bonds. The zero-order chi connectivity index (χ0) is 14.2. The van der Waals surface area contributed by atoms with Crippen LogP contribution in [0, 0.1) is 11.8 Å². The Kier molecular flexibility index (Phi) is 4.16. The van der Waals surface area contributed by atoms with Crippen molar-refractivity contribution in [1.82, 2.24) is 4.90 Å². The first-order valence-electron chi connectivity index (χ1n) is 5.87. The number of benzene rings is 1. The number of hydrogen-bond acceptors (Lipinski definition) is 2. The van der Waals surface area contributed by atoms with E-state index in [1.165, 1.54) is 0 Å². The molecule has 1 aliphatic rings. The molecule has 1 fully saturated rings. The SMILES string of the molecule is C[C@@H]1CN(C(=O)c2ccc(Cl)c(Br)c2)C[C@H]1C(=O)O. The topological polar surface area (TPSA) is 57.6 Å². The average Bonchev–Trinajstić information content (AvgIpc) is 2.74. The van der Waals surface area contributed by atoms with Crippen LogP contribution in [0.4, 0.5) is 0 Å². The third kappa shape index (κ3) is 2.92. The number of carboxylic acid groups (broad SMARTS) is 1. The van der Waals surface area contributed by atoms with Crippen molar-refractivity contribution in [3.8, 4) is 0 Å². The van der Waals surface area contributed by atoms with Gasteiger partial charge in [-0.15, -0.1) is 0 Å². The van der Waals surface area contributed by atoms with Crippen molar-refractivity contribution in [2.24, 2.45) is 11.8 Å². The molecule has 0 saturated carbocycles. The molecule has 0 bridgehead atoms. The van der Waals surface area contributed by atoms with Crippen LogP contribution in [-0.2, 0) is 4.79 Å². The number of aliphatic carboxylic acids is 1. The van der Waals surface area contributed by atoms with Crippen LogP contribution < -0.4 is 0 Å². The normalized spacial score (nSPS) is 22.6. The molecule has 1 N–H and O–H groups in total. The fraction of sp³-hybridized carbons (Fsp3) is 0.385. The summed E-state index contributed by atoms with van der Waals surface area (Å²) in [6.45, 7) is 2.58. The van der Waals surface area contributed by atoms with Gasteiger partial charge in [0, 0.05) is 23.1 Å². The number of halogens is 2. The van der Waals surface area contributed by atoms with Crippen LogP contribution in [0.3, 0.4) is 0 Å². The largest absolute Gasteiger partial charge is 0.481 e. The fourth-order valence-electron chi connectivity index (χ4n) is 2.27. The van der Waals surface area contributed by atoms with E-state index in [-0.39, 0.29) is 18.4 Å². The van der Waals surface area contributed by atoms with Crippen LogP contribution in [0.1, 0.15) is 17.3 Å². The molecule has 1 aromatic carbocycles. The molecule has 102 valence electrons. The van der Waals surface area contributed by atoms with Crippen LogP contribution in [0.5, 0.6) is 0 Å². The maximum atomic E-state index is 12.3. The van der Waals surface area contributed by atoms with E-state index >= 15 is 0 Å². The summed E-state index contributed by atoms with van der Waals surface area (Å²) < 4.78 is 0.655. The molecule has 6 heteroatoms. The van der Waals surface area contributed by atoms with Gasteiger partial charge in [-0.1, -0.05) is 18.5 Å². The second-order valence-electron chi connectivity index (χ2n) is 4.76. The van der Waals surface area contributed by atoms with E-state index in [1.54, 1.807) is 23.1 Å². The van der Waals surface area contributed by atoms with Crippen LogP contribution in [0.2, 0.25) is 5.02 Å². The minimum absolute atomic E-state index is 0.0304. The van der Waals surface area contributed by atoms with E-state index in [0.29, 0.717) is 21.6 Å². The first-order chi connectivity index (χ1) is 8.90. The molecule has 0 radical (unpaired) electrons. The number of carbonyl (C=O) groups excluding carboxylic acids is 1. The standard InChI is InChI=1S/C13H13BrClNO3/c1-7-5-16(6-9(7)13(18)19)12(17)8-2-3-11(15)10(14)4-8/h2-4,7,9H,5-6H2,1H3,(H,18,19)/t7-,9-/m1/s1. The van der Waals surface area contributed by atoms with Gasteiger partial charge in [-0.25, -0.2) is 0 Å². The number of amides is 1. The second kappa shape index (κ2) is 5.51. The van der Waals surface area contributed by atoms with E-state index in [4.69, 9.17) is 16.7 Å². The quantitative estimate of drug-likeness (QED) is 0.896. The predicted molar refractivity (Wildman–Crippen MR) is 75.3 cm³/mol. The van der Waals surface area contributed by atoms with E-state index in [0.717, 1.165) is 0 Å². The predicted octanol–water partition coefficient (Wildman–Crippen LogP) is 2.90. The highest BCUT2D eigenvalue weighted by Crippen LogP contribution is 2.27. The van der Waals surface area contributed by atoms with E-state index in [1.807, 2.05) is 6.92 Å². The summed E-state index contributed by atoms with van der Waals surface area (Å²) in [6, 6.07) is 4.95. The minimum Gasteiger partial charge on any atom is -0.481 e. The molecular formula is C13H13BrClNO3. The molecule has 0 aliphatic carbocycles. The number of rotatable bonds is 2. The average molecular weight is 347 g/mol. The Labute approximate surface area is 124 Å². The molecular weight excluding hydrogens is 334 g/mol. The lowest BCUT2D eigenvalue weighted by molar-refractivity contribution is -0.142. The van der Waals surface area contributed by atoms with Gasteiger partial charge in [-0.3, -0.25) is 9.59 Å². The van der Waals surface area contributed by atoms with Crippen molar-refractivity contribution in [3.63, 3.8) is 0 Å². The minimum atomic E-state index is -0.847. The van der Waals surface area contributed by atoms with Gasteiger partial charge >= 0.3 is 5.97 Å². The first kappa shape index (κ1) is 14.3. The summed E-state index contributed by atoms with van der Waals surface area (Å²) in [5.74, 6) is -1.52. The third-order valence-corrected chi connectivity index (χ3v) is 4.60. The first-order valence-corrected chi connectivity index (χ1v) is 7.04. The lowest BCUT2D eigenvalue weighted by Gasteiger charge is -2.16. The Morgan fingerprint density at radius 2 is 2.11 bits per heavy atom. The van der Waals surface area contributed by atoms with E-state index < -0.39 is 11.9 Å². The fourth-order valence-corrected chi connectivity index (χ4v) is 2.76. The van der Waals surface area contributed by atoms with Crippen molar-refractivity contribution in [2.75, 3.05) is 13.1 Å². The van der Waals surface area contributed by atoms with Gasteiger partial charge in [-0.2, -0.15) is 0 Å². The lowest BCUT2D eigenvalue weighted by Crippen LogP contribution is -2.29. The van der Waals surface area contributed by atoms with Gasteiger partial charge in [0.2, 0.25) is 0 Å². The molecule has 19 heavy (non-hydrogen) atoms. The monoisotopic (exact) mass is 345 g/mol. The molecule has 4 nitrogen and oxygen atoms in total. The summed E-state index contributed by atoms with van der Waals surface area (Å²) in [5, 5.41) is 9.61. The van der Waals surface area contributed by atoms with E-state index in [2.05, 4.69) is 15.9 Å². The molecule has 2 atom stereocenters. The Morgan fingerprint density at radius 3 is 2.63 bits per heavy atom. The highest BCUT2D eigenvalue weighted by molar-refractivity contribution is 9.10.